The predicted molar refractivity (Wildman–Crippen MR) is 70.9 cm³/mol. The normalized spacial score (nSPS) is 22.9. The monoisotopic (exact) mass is 258 g/mol. The molecular formula is C12H22N2O2S. The van der Waals surface area contributed by atoms with Gasteiger partial charge in [-0.3, -0.25) is 9.59 Å². The number of piperazine rings is 1. The number of nitrogens with one attached hydrogen (secondary N) is 1. The quantitative estimate of drug-likeness (QED) is 0.799. The lowest BCUT2D eigenvalue weighted by Gasteiger charge is -2.38. The molecule has 0 aromatic rings. The molecule has 0 radical (unpaired) electrons. The van der Waals surface area contributed by atoms with Gasteiger partial charge in [0.05, 0.1) is 6.54 Å². The van der Waals surface area contributed by atoms with Gasteiger partial charge in [0.15, 0.2) is 0 Å². The molecule has 98 valence electrons. The number of amides is 2. The van der Waals surface area contributed by atoms with Crippen molar-refractivity contribution in [3.63, 3.8) is 0 Å². The average Bonchev–Trinajstić information content (AvgIpc) is 2.23. The second kappa shape index (κ2) is 6.28. The molecule has 1 aliphatic rings. The van der Waals surface area contributed by atoms with Gasteiger partial charge in [-0.15, -0.1) is 0 Å². The standard InChI is InChI=1S/C12H22N2O2S/c1-8(2)11-12(16)13-5-10(15)14(11)6-9(3)7-17-4/h8-9,11H,5-7H2,1-4H3,(H,13,16). The van der Waals surface area contributed by atoms with Gasteiger partial charge in [0, 0.05) is 6.54 Å². The van der Waals surface area contributed by atoms with Crippen molar-refractivity contribution in [3.8, 4) is 0 Å². The van der Waals surface area contributed by atoms with Gasteiger partial charge in [-0.2, -0.15) is 11.8 Å². The lowest BCUT2D eigenvalue weighted by molar-refractivity contribution is -0.147. The van der Waals surface area contributed by atoms with Gasteiger partial charge < -0.3 is 10.2 Å². The summed E-state index contributed by atoms with van der Waals surface area (Å²) in [7, 11) is 0. The molecule has 0 aliphatic carbocycles. The molecule has 2 atom stereocenters. The number of carbonyl (C=O) groups is 2. The van der Waals surface area contributed by atoms with Crippen LogP contribution in [0.15, 0.2) is 0 Å². The zero-order valence-electron chi connectivity index (χ0n) is 11.0. The molecule has 1 heterocycles. The minimum absolute atomic E-state index is 0.0176. The molecule has 2 unspecified atom stereocenters. The minimum Gasteiger partial charge on any atom is -0.345 e. The van der Waals surface area contributed by atoms with Crippen LogP contribution >= 0.6 is 11.8 Å². The fourth-order valence-corrected chi connectivity index (χ4v) is 2.89. The third-order valence-electron chi connectivity index (χ3n) is 2.93. The van der Waals surface area contributed by atoms with Gasteiger partial charge in [0.2, 0.25) is 11.8 Å². The van der Waals surface area contributed by atoms with Crippen molar-refractivity contribution in [2.45, 2.75) is 26.8 Å². The molecule has 2 amide bonds. The number of rotatable bonds is 5. The summed E-state index contributed by atoms with van der Waals surface area (Å²) in [6.07, 6.45) is 2.06. The maximum Gasteiger partial charge on any atom is 0.243 e. The second-order valence-electron chi connectivity index (χ2n) is 5.01. The Hall–Kier alpha value is -0.710. The molecule has 0 saturated carbocycles. The maximum absolute atomic E-state index is 11.9. The maximum atomic E-state index is 11.9. The fourth-order valence-electron chi connectivity index (χ4n) is 2.22. The van der Waals surface area contributed by atoms with Crippen LogP contribution in [-0.4, -0.2) is 47.9 Å². The van der Waals surface area contributed by atoms with E-state index in [1.54, 1.807) is 16.7 Å². The van der Waals surface area contributed by atoms with E-state index >= 15 is 0 Å². The van der Waals surface area contributed by atoms with Crippen molar-refractivity contribution >= 4 is 23.6 Å². The summed E-state index contributed by atoms with van der Waals surface area (Å²) in [4.78, 5) is 25.5. The van der Waals surface area contributed by atoms with Crippen molar-refractivity contribution in [3.05, 3.63) is 0 Å². The van der Waals surface area contributed by atoms with Gasteiger partial charge in [-0.25, -0.2) is 0 Å². The first-order valence-electron chi connectivity index (χ1n) is 6.03. The molecule has 5 heteroatoms. The molecule has 1 saturated heterocycles. The summed E-state index contributed by atoms with van der Waals surface area (Å²) in [6, 6.07) is -0.305. The summed E-state index contributed by atoms with van der Waals surface area (Å²) in [5, 5.41) is 2.66. The molecule has 1 N–H and O–H groups in total. The number of nitrogens with zero attached hydrogens (tertiary/aromatic N) is 1. The van der Waals surface area contributed by atoms with Crippen LogP contribution < -0.4 is 5.32 Å². The first-order valence-corrected chi connectivity index (χ1v) is 7.42. The van der Waals surface area contributed by atoms with Crippen LogP contribution in [0.3, 0.4) is 0 Å². The van der Waals surface area contributed by atoms with Crippen LogP contribution in [0, 0.1) is 11.8 Å². The molecule has 4 nitrogen and oxygen atoms in total. The van der Waals surface area contributed by atoms with Crippen molar-refractivity contribution in [2.24, 2.45) is 11.8 Å². The van der Waals surface area contributed by atoms with Crippen LogP contribution in [0.2, 0.25) is 0 Å². The highest BCUT2D eigenvalue weighted by Crippen LogP contribution is 2.17. The lowest BCUT2D eigenvalue weighted by atomic mass is 9.98. The topological polar surface area (TPSA) is 49.4 Å². The fraction of sp³-hybridized carbons (Fsp3) is 0.833. The zero-order valence-corrected chi connectivity index (χ0v) is 11.8. The van der Waals surface area contributed by atoms with E-state index in [-0.39, 0.29) is 30.3 Å². The Morgan fingerprint density at radius 3 is 2.59 bits per heavy atom. The molecular weight excluding hydrogens is 236 g/mol. The van der Waals surface area contributed by atoms with Crippen LogP contribution in [0.1, 0.15) is 20.8 Å². The van der Waals surface area contributed by atoms with Crippen LogP contribution in [0.4, 0.5) is 0 Å². The third-order valence-corrected chi connectivity index (χ3v) is 3.83. The van der Waals surface area contributed by atoms with E-state index in [1.165, 1.54) is 0 Å². The van der Waals surface area contributed by atoms with Gasteiger partial charge in [-0.1, -0.05) is 20.8 Å². The highest BCUT2D eigenvalue weighted by atomic mass is 32.2. The molecule has 0 aromatic heterocycles. The molecule has 1 rings (SSSR count). The number of thioether (sulfide) groups is 1. The number of hydrogen-bond donors (Lipinski definition) is 1. The van der Waals surface area contributed by atoms with E-state index in [1.807, 2.05) is 13.8 Å². The molecule has 17 heavy (non-hydrogen) atoms. The smallest absolute Gasteiger partial charge is 0.243 e. The highest BCUT2D eigenvalue weighted by Gasteiger charge is 2.36. The molecule has 0 spiro atoms. The van der Waals surface area contributed by atoms with E-state index in [9.17, 15) is 9.59 Å². The summed E-state index contributed by atoms with van der Waals surface area (Å²) < 4.78 is 0. The number of carbonyl (C=O) groups excluding carboxylic acids is 2. The first kappa shape index (κ1) is 14.4. The van der Waals surface area contributed by atoms with Crippen molar-refractivity contribution in [1.29, 1.82) is 0 Å². The largest absolute Gasteiger partial charge is 0.345 e. The van der Waals surface area contributed by atoms with Gasteiger partial charge >= 0.3 is 0 Å². The van der Waals surface area contributed by atoms with Gasteiger partial charge in [0.1, 0.15) is 6.04 Å². The van der Waals surface area contributed by atoms with Crippen LogP contribution in [0.5, 0.6) is 0 Å². The second-order valence-corrected chi connectivity index (χ2v) is 5.92. The molecule has 0 bridgehead atoms. The summed E-state index contributed by atoms with van der Waals surface area (Å²) in [5.41, 5.74) is 0. The number of hydrogen-bond acceptors (Lipinski definition) is 3. The highest BCUT2D eigenvalue weighted by molar-refractivity contribution is 7.98. The van der Waals surface area contributed by atoms with Crippen molar-refractivity contribution < 1.29 is 9.59 Å². The summed E-state index contributed by atoms with van der Waals surface area (Å²) in [6.45, 7) is 6.90. The minimum atomic E-state index is -0.305. The third kappa shape index (κ3) is 3.63. The van der Waals surface area contributed by atoms with E-state index in [0.29, 0.717) is 12.5 Å². The zero-order chi connectivity index (χ0) is 13.0. The Labute approximate surface area is 108 Å². The molecule has 1 fully saturated rings. The van der Waals surface area contributed by atoms with E-state index in [4.69, 9.17) is 0 Å². The van der Waals surface area contributed by atoms with Gasteiger partial charge in [0.25, 0.3) is 0 Å². The predicted octanol–water partition coefficient (Wildman–Crippen LogP) is 0.968. The van der Waals surface area contributed by atoms with Gasteiger partial charge in [-0.05, 0) is 23.8 Å². The van der Waals surface area contributed by atoms with Crippen molar-refractivity contribution in [2.75, 3.05) is 25.1 Å². The lowest BCUT2D eigenvalue weighted by Crippen LogP contribution is -2.61. The Balaban J connectivity index is 2.75. The van der Waals surface area contributed by atoms with E-state index < -0.39 is 0 Å². The first-order chi connectivity index (χ1) is 7.97. The molecule has 0 aromatic carbocycles. The van der Waals surface area contributed by atoms with Crippen LogP contribution in [-0.2, 0) is 9.59 Å². The average molecular weight is 258 g/mol. The molecule has 1 aliphatic heterocycles. The van der Waals surface area contributed by atoms with Crippen molar-refractivity contribution in [1.82, 2.24) is 10.2 Å². The summed E-state index contributed by atoms with van der Waals surface area (Å²) >= 11 is 1.77. The Kier molecular flexibility index (Phi) is 5.31. The Morgan fingerprint density at radius 1 is 1.41 bits per heavy atom. The SMILES string of the molecule is CSCC(C)CN1C(=O)CNC(=O)C1C(C)C. The Bertz CT molecular complexity index is 294. The Morgan fingerprint density at radius 2 is 2.06 bits per heavy atom. The summed E-state index contributed by atoms with van der Waals surface area (Å²) in [5.74, 6) is 1.60. The van der Waals surface area contributed by atoms with E-state index in [2.05, 4.69) is 18.5 Å². The van der Waals surface area contributed by atoms with Crippen LogP contribution in [0.25, 0.3) is 0 Å². The van der Waals surface area contributed by atoms with E-state index in [0.717, 1.165) is 5.75 Å².